The van der Waals surface area contributed by atoms with Crippen molar-refractivity contribution < 1.29 is 8.60 Å². The molecule has 0 spiro atoms. The molecule has 19 heavy (non-hydrogen) atoms. The van der Waals surface area contributed by atoms with Gasteiger partial charge in [-0.15, -0.1) is 0 Å². The molecule has 1 N–H and O–H groups in total. The van der Waals surface area contributed by atoms with Crippen molar-refractivity contribution in [2.45, 2.75) is 44.2 Å². The second kappa shape index (κ2) is 6.62. The summed E-state index contributed by atoms with van der Waals surface area (Å²) in [5.41, 5.74) is 0.850. The molecular formula is C15H22FNOS. The average Bonchev–Trinajstić information content (AvgIpc) is 2.32. The summed E-state index contributed by atoms with van der Waals surface area (Å²) in [6.45, 7) is 2.13. The molecule has 2 nitrogen and oxygen atoms in total. The second-order valence-corrected chi connectivity index (χ2v) is 7.08. The summed E-state index contributed by atoms with van der Waals surface area (Å²) in [5.74, 6) is 1.02. The van der Waals surface area contributed by atoms with Crippen LogP contribution < -0.4 is 5.32 Å². The Morgan fingerprint density at radius 1 is 1.42 bits per heavy atom. The number of hydrogen-bond acceptors (Lipinski definition) is 2. The van der Waals surface area contributed by atoms with Gasteiger partial charge in [0.25, 0.3) is 0 Å². The zero-order chi connectivity index (χ0) is 13.8. The molecule has 0 radical (unpaired) electrons. The minimum Gasteiger partial charge on any atom is -0.311 e. The largest absolute Gasteiger partial charge is 0.311 e. The van der Waals surface area contributed by atoms with Gasteiger partial charge in [0.2, 0.25) is 0 Å². The van der Waals surface area contributed by atoms with Crippen LogP contribution in [0.3, 0.4) is 0 Å². The van der Waals surface area contributed by atoms with Crippen LogP contribution in [0.2, 0.25) is 0 Å². The van der Waals surface area contributed by atoms with Gasteiger partial charge in [-0.1, -0.05) is 18.2 Å². The van der Waals surface area contributed by atoms with E-state index >= 15 is 0 Å². The summed E-state index contributed by atoms with van der Waals surface area (Å²) in [5, 5.41) is 3.53. The minimum absolute atomic E-state index is 0.0830. The first-order valence-corrected chi connectivity index (χ1v) is 8.59. The van der Waals surface area contributed by atoms with Gasteiger partial charge in [0.15, 0.2) is 0 Å². The predicted octanol–water partition coefficient (Wildman–Crippen LogP) is 2.82. The lowest BCUT2D eigenvalue weighted by Gasteiger charge is -2.38. The van der Waals surface area contributed by atoms with E-state index in [4.69, 9.17) is 0 Å². The van der Waals surface area contributed by atoms with Crippen LogP contribution in [0.15, 0.2) is 24.3 Å². The van der Waals surface area contributed by atoms with Gasteiger partial charge in [-0.3, -0.25) is 4.21 Å². The van der Waals surface area contributed by atoms with Crippen molar-refractivity contribution in [3.8, 4) is 0 Å². The predicted molar refractivity (Wildman–Crippen MR) is 78.3 cm³/mol. The van der Waals surface area contributed by atoms with Crippen molar-refractivity contribution in [2.75, 3.05) is 12.0 Å². The van der Waals surface area contributed by atoms with E-state index in [1.165, 1.54) is 6.07 Å². The molecule has 0 heterocycles. The summed E-state index contributed by atoms with van der Waals surface area (Å²) < 4.78 is 24.6. The Kier molecular flexibility index (Phi) is 5.11. The normalized spacial score (nSPS) is 25.6. The van der Waals surface area contributed by atoms with Gasteiger partial charge >= 0.3 is 0 Å². The summed E-state index contributed by atoms with van der Waals surface area (Å²) in [6, 6.07) is 7.92. The molecule has 1 saturated carbocycles. The van der Waals surface area contributed by atoms with E-state index in [0.29, 0.717) is 18.0 Å². The molecule has 0 amide bonds. The molecule has 2 rings (SSSR count). The Morgan fingerprint density at radius 3 is 2.74 bits per heavy atom. The van der Waals surface area contributed by atoms with Gasteiger partial charge in [-0.25, -0.2) is 4.39 Å². The van der Waals surface area contributed by atoms with Gasteiger partial charge in [0, 0.05) is 34.9 Å². The van der Waals surface area contributed by atoms with Gasteiger partial charge < -0.3 is 5.32 Å². The van der Waals surface area contributed by atoms with Crippen molar-refractivity contribution in [2.24, 2.45) is 0 Å². The fraction of sp³-hybridized carbons (Fsp3) is 0.600. The summed E-state index contributed by atoms with van der Waals surface area (Å²) in [7, 11) is -0.714. The third-order valence-corrected chi connectivity index (χ3v) is 4.65. The van der Waals surface area contributed by atoms with Crippen LogP contribution in [-0.2, 0) is 10.8 Å². The maximum absolute atomic E-state index is 13.6. The first kappa shape index (κ1) is 14.7. The van der Waals surface area contributed by atoms with Crippen molar-refractivity contribution >= 4 is 10.8 Å². The van der Waals surface area contributed by atoms with Crippen LogP contribution in [0.5, 0.6) is 0 Å². The number of benzene rings is 1. The van der Waals surface area contributed by atoms with E-state index in [1.54, 1.807) is 12.3 Å². The zero-order valence-corrected chi connectivity index (χ0v) is 12.4. The van der Waals surface area contributed by atoms with Gasteiger partial charge in [-0.05, 0) is 43.7 Å². The Morgan fingerprint density at radius 2 is 2.11 bits per heavy atom. The van der Waals surface area contributed by atoms with Crippen LogP contribution >= 0.6 is 0 Å². The molecule has 0 aromatic heterocycles. The van der Waals surface area contributed by atoms with Gasteiger partial charge in [-0.2, -0.15) is 0 Å². The second-order valence-electron chi connectivity index (χ2n) is 5.52. The van der Waals surface area contributed by atoms with E-state index in [2.05, 4.69) is 12.2 Å². The molecule has 1 aliphatic rings. The molecule has 1 aromatic rings. The van der Waals surface area contributed by atoms with Crippen molar-refractivity contribution in [1.29, 1.82) is 0 Å². The Labute approximate surface area is 117 Å². The first-order chi connectivity index (χ1) is 9.06. The molecule has 1 aliphatic carbocycles. The molecule has 1 fully saturated rings. The molecule has 0 aliphatic heterocycles. The lowest BCUT2D eigenvalue weighted by atomic mass is 9.75. The quantitative estimate of drug-likeness (QED) is 0.870. The number of hydrogen-bond donors (Lipinski definition) is 1. The van der Waals surface area contributed by atoms with Crippen LogP contribution in [0, 0.1) is 5.82 Å². The van der Waals surface area contributed by atoms with E-state index < -0.39 is 10.8 Å². The lowest BCUT2D eigenvalue weighted by molar-refractivity contribution is 0.263. The maximum Gasteiger partial charge on any atom is 0.126 e. The third-order valence-electron chi connectivity index (χ3n) is 3.84. The topological polar surface area (TPSA) is 29.1 Å². The molecule has 106 valence electrons. The molecule has 2 unspecified atom stereocenters. The Balaban J connectivity index is 1.74. The fourth-order valence-corrected chi connectivity index (χ4v) is 3.33. The van der Waals surface area contributed by atoms with Crippen LogP contribution in [0.4, 0.5) is 4.39 Å². The lowest BCUT2D eigenvalue weighted by Crippen LogP contribution is -2.45. The van der Waals surface area contributed by atoms with Crippen molar-refractivity contribution in [3.63, 3.8) is 0 Å². The fourth-order valence-electron chi connectivity index (χ4n) is 2.64. The Hall–Kier alpha value is -0.740. The third kappa shape index (κ3) is 4.11. The van der Waals surface area contributed by atoms with E-state index in [-0.39, 0.29) is 5.82 Å². The molecular weight excluding hydrogens is 261 g/mol. The highest BCUT2D eigenvalue weighted by Crippen LogP contribution is 2.38. The average molecular weight is 283 g/mol. The van der Waals surface area contributed by atoms with Crippen molar-refractivity contribution in [3.05, 3.63) is 35.6 Å². The van der Waals surface area contributed by atoms with Crippen LogP contribution in [0.25, 0.3) is 0 Å². The van der Waals surface area contributed by atoms with Crippen LogP contribution in [-0.4, -0.2) is 28.3 Å². The number of halogens is 1. The molecule has 0 saturated heterocycles. The zero-order valence-electron chi connectivity index (χ0n) is 11.6. The van der Waals surface area contributed by atoms with Crippen molar-refractivity contribution in [1.82, 2.24) is 5.32 Å². The molecule has 4 heteroatoms. The van der Waals surface area contributed by atoms with E-state index in [1.807, 2.05) is 12.1 Å². The molecule has 1 aromatic carbocycles. The number of rotatable bonds is 6. The van der Waals surface area contributed by atoms with Gasteiger partial charge in [0.05, 0.1) is 0 Å². The standard InChI is InChI=1S/C15H22FNOS/c1-11(7-8-19(2)18)17-13-9-12(10-13)14-5-3-4-6-15(14)16/h3-6,11-13,17H,7-10H2,1-2H3. The highest BCUT2D eigenvalue weighted by molar-refractivity contribution is 7.84. The summed E-state index contributed by atoms with van der Waals surface area (Å²) in [4.78, 5) is 0. The highest BCUT2D eigenvalue weighted by atomic mass is 32.2. The van der Waals surface area contributed by atoms with Crippen LogP contribution in [0.1, 0.15) is 37.7 Å². The summed E-state index contributed by atoms with van der Waals surface area (Å²) >= 11 is 0. The highest BCUT2D eigenvalue weighted by Gasteiger charge is 2.32. The van der Waals surface area contributed by atoms with E-state index in [9.17, 15) is 8.60 Å². The number of nitrogens with one attached hydrogen (secondary N) is 1. The van der Waals surface area contributed by atoms with Gasteiger partial charge in [0.1, 0.15) is 5.82 Å². The minimum atomic E-state index is -0.714. The summed E-state index contributed by atoms with van der Waals surface area (Å²) in [6.07, 6.45) is 4.68. The molecule has 0 bridgehead atoms. The van der Waals surface area contributed by atoms with E-state index in [0.717, 1.165) is 30.6 Å². The molecule has 2 atom stereocenters. The first-order valence-electron chi connectivity index (χ1n) is 6.86. The SMILES string of the molecule is CC(CCS(C)=O)NC1CC(c2ccccc2F)C1. The maximum atomic E-state index is 13.6. The smallest absolute Gasteiger partial charge is 0.126 e. The monoisotopic (exact) mass is 283 g/mol. The Bertz CT molecular complexity index is 446.